The van der Waals surface area contributed by atoms with E-state index in [1.54, 1.807) is 18.2 Å². The van der Waals surface area contributed by atoms with Crippen LogP contribution in [0.3, 0.4) is 0 Å². The quantitative estimate of drug-likeness (QED) is 0.410. The highest BCUT2D eigenvalue weighted by Gasteiger charge is 2.13. The van der Waals surface area contributed by atoms with Crippen LogP contribution in [0.15, 0.2) is 35.1 Å². The minimum absolute atomic E-state index is 0.0788. The first-order valence-corrected chi connectivity index (χ1v) is 9.65. The lowest BCUT2D eigenvalue weighted by atomic mass is 10.1. The van der Waals surface area contributed by atoms with E-state index in [2.05, 4.69) is 15.3 Å². The van der Waals surface area contributed by atoms with Crippen LogP contribution >= 0.6 is 11.3 Å². The van der Waals surface area contributed by atoms with Gasteiger partial charge in [0.15, 0.2) is 0 Å². The number of nitrogens with one attached hydrogen (secondary N) is 2. The van der Waals surface area contributed by atoms with Crippen molar-refractivity contribution >= 4 is 51.2 Å². The van der Waals surface area contributed by atoms with Crippen molar-refractivity contribution in [1.29, 1.82) is 0 Å². The average molecular weight is 445 g/mol. The largest absolute Gasteiger partial charge is 0.481 e. The lowest BCUT2D eigenvalue weighted by molar-refractivity contribution is -0.191. The minimum Gasteiger partial charge on any atom is -0.481 e. The Morgan fingerprint density at radius 2 is 2.00 bits per heavy atom. The third kappa shape index (κ3) is 6.49. The molecule has 3 aromatic rings. The lowest BCUT2D eigenvalue weighted by Gasteiger charge is -2.17. The number of rotatable bonds is 7. The van der Waals surface area contributed by atoms with Crippen LogP contribution in [0.25, 0.3) is 10.9 Å². The number of aromatic amines is 1. The fourth-order valence-corrected chi connectivity index (χ4v) is 3.56. The van der Waals surface area contributed by atoms with Crippen molar-refractivity contribution in [2.24, 2.45) is 0 Å². The van der Waals surface area contributed by atoms with Gasteiger partial charge in [-0.25, -0.2) is 4.98 Å². The Balaban J connectivity index is 0.00000107. The Morgan fingerprint density at radius 1 is 1.29 bits per heavy atom. The van der Waals surface area contributed by atoms with Gasteiger partial charge in [0.25, 0.3) is 11.5 Å². The molecule has 3 rings (SSSR count). The summed E-state index contributed by atoms with van der Waals surface area (Å²) in [6.07, 6.45) is 0.130. The second-order valence-corrected chi connectivity index (χ2v) is 7.34. The molecule has 5 N–H and O–H groups in total. The van der Waals surface area contributed by atoms with Crippen LogP contribution in [-0.2, 0) is 20.9 Å². The fraction of sp³-hybridized carbons (Fsp3) is 0.211. The number of H-pyrrole nitrogens is 1. The molecule has 0 spiro atoms. The maximum Gasteiger partial charge on any atom is 0.373 e. The van der Waals surface area contributed by atoms with Crippen molar-refractivity contribution in [2.45, 2.75) is 13.0 Å². The zero-order chi connectivity index (χ0) is 23.0. The number of benzene rings is 1. The first-order chi connectivity index (χ1) is 14.7. The monoisotopic (exact) mass is 445 g/mol. The number of aliphatic carboxylic acids is 1. The molecular formula is C19H19N5O6S. The molecule has 0 bridgehead atoms. The van der Waals surface area contributed by atoms with Gasteiger partial charge in [-0.1, -0.05) is 6.07 Å². The third-order valence-electron chi connectivity index (χ3n) is 4.02. The Morgan fingerprint density at radius 3 is 2.68 bits per heavy atom. The second kappa shape index (κ2) is 10.7. The molecule has 0 aliphatic rings. The van der Waals surface area contributed by atoms with E-state index in [0.717, 1.165) is 10.6 Å². The van der Waals surface area contributed by atoms with E-state index in [1.807, 2.05) is 24.1 Å². The summed E-state index contributed by atoms with van der Waals surface area (Å²) in [6, 6.07) is 8.92. The van der Waals surface area contributed by atoms with Gasteiger partial charge in [-0.3, -0.25) is 19.4 Å². The van der Waals surface area contributed by atoms with Gasteiger partial charge in [-0.2, -0.15) is 9.59 Å². The highest BCUT2D eigenvalue weighted by atomic mass is 32.1. The highest BCUT2D eigenvalue weighted by molar-refractivity contribution is 7.17. The normalized spacial score (nSPS) is 9.97. The van der Waals surface area contributed by atoms with Crippen molar-refractivity contribution in [3.05, 3.63) is 51.1 Å². The van der Waals surface area contributed by atoms with E-state index in [4.69, 9.17) is 20.4 Å². The Kier molecular flexibility index (Phi) is 8.01. The van der Waals surface area contributed by atoms with Crippen LogP contribution in [0.2, 0.25) is 0 Å². The standard InChI is InChI=1S/C18H19N5O4S.CO2/c1-23(14-5-4-13(28-14)17(27)20-7-6-15(24)25)9-10-2-3-12-11(8-10)16(26)22-18(19)21-12;2-1-3/h2-5,8H,6-7,9H2,1H3,(H,20,27)(H,24,25)(H3,19,21,22,26);. The Hall–Kier alpha value is -4.02. The summed E-state index contributed by atoms with van der Waals surface area (Å²) in [6.45, 7) is 0.613. The summed E-state index contributed by atoms with van der Waals surface area (Å²) >= 11 is 1.31. The summed E-state index contributed by atoms with van der Waals surface area (Å²) in [5.74, 6) is -1.18. The van der Waals surface area contributed by atoms with Crippen molar-refractivity contribution in [3.63, 3.8) is 0 Å². The predicted molar refractivity (Wildman–Crippen MR) is 113 cm³/mol. The molecule has 0 radical (unpaired) electrons. The Bertz CT molecular complexity index is 1180. The van der Waals surface area contributed by atoms with Gasteiger partial charge in [0.1, 0.15) is 0 Å². The van der Waals surface area contributed by atoms with Crippen LogP contribution in [0.4, 0.5) is 10.9 Å². The molecule has 2 aromatic heterocycles. The predicted octanol–water partition coefficient (Wildman–Crippen LogP) is 0.824. The van der Waals surface area contributed by atoms with Crippen LogP contribution < -0.4 is 21.5 Å². The molecule has 11 nitrogen and oxygen atoms in total. The van der Waals surface area contributed by atoms with Gasteiger partial charge in [0.05, 0.1) is 27.2 Å². The summed E-state index contributed by atoms with van der Waals surface area (Å²) in [5, 5.41) is 12.5. The smallest absolute Gasteiger partial charge is 0.373 e. The van der Waals surface area contributed by atoms with Gasteiger partial charge < -0.3 is 21.1 Å². The van der Waals surface area contributed by atoms with E-state index in [9.17, 15) is 14.4 Å². The fourth-order valence-electron chi connectivity index (χ4n) is 2.68. The Labute approximate surface area is 179 Å². The van der Waals surface area contributed by atoms with Gasteiger partial charge in [-0.15, -0.1) is 11.3 Å². The molecule has 1 amide bonds. The second-order valence-electron chi connectivity index (χ2n) is 6.28. The van der Waals surface area contributed by atoms with Crippen molar-refractivity contribution in [2.75, 3.05) is 24.2 Å². The number of nitrogens with two attached hydrogens (primary N) is 1. The number of fused-ring (bicyclic) bond motifs is 1. The molecule has 162 valence electrons. The molecule has 1 aromatic carbocycles. The van der Waals surface area contributed by atoms with Gasteiger partial charge in [0.2, 0.25) is 5.95 Å². The van der Waals surface area contributed by atoms with E-state index < -0.39 is 5.97 Å². The third-order valence-corrected chi connectivity index (χ3v) is 5.22. The van der Waals surface area contributed by atoms with Gasteiger partial charge >= 0.3 is 12.1 Å². The molecule has 0 saturated heterocycles. The lowest BCUT2D eigenvalue weighted by Crippen LogP contribution is -2.25. The van der Waals surface area contributed by atoms with E-state index in [1.165, 1.54) is 11.3 Å². The first kappa shape index (κ1) is 23.3. The van der Waals surface area contributed by atoms with Gasteiger partial charge in [0, 0.05) is 20.1 Å². The summed E-state index contributed by atoms with van der Waals surface area (Å²) in [5.41, 5.74) is 6.71. The molecule has 0 atom stereocenters. The molecule has 2 heterocycles. The molecule has 0 fully saturated rings. The first-order valence-electron chi connectivity index (χ1n) is 8.83. The molecule has 0 aliphatic carbocycles. The van der Waals surface area contributed by atoms with Crippen molar-refractivity contribution < 1.29 is 24.3 Å². The number of nitrogens with zero attached hydrogens (tertiary/aromatic N) is 2. The number of anilines is 2. The SMILES string of the molecule is CN(Cc1ccc2nc(N)[nH]c(=O)c2c1)c1ccc(C(=O)NCCC(=O)O)s1.O=C=O. The number of carboxylic acids is 1. The molecule has 0 saturated carbocycles. The number of carbonyl (C=O) groups excluding carboxylic acids is 3. The average Bonchev–Trinajstić information content (AvgIpc) is 3.19. The maximum atomic E-state index is 12.1. The summed E-state index contributed by atoms with van der Waals surface area (Å²) < 4.78 is 0. The van der Waals surface area contributed by atoms with E-state index >= 15 is 0 Å². The molecule has 0 aliphatic heterocycles. The van der Waals surface area contributed by atoms with Crippen LogP contribution in [-0.4, -0.2) is 46.7 Å². The number of amides is 1. The molecular weight excluding hydrogens is 426 g/mol. The van der Waals surface area contributed by atoms with E-state index in [-0.39, 0.29) is 36.5 Å². The minimum atomic E-state index is -0.959. The zero-order valence-electron chi connectivity index (χ0n) is 16.4. The molecule has 12 heteroatoms. The number of carbonyl (C=O) groups is 2. The number of thiophene rings is 1. The van der Waals surface area contributed by atoms with Crippen molar-refractivity contribution in [3.8, 4) is 0 Å². The van der Waals surface area contributed by atoms with Crippen LogP contribution in [0.5, 0.6) is 0 Å². The van der Waals surface area contributed by atoms with Crippen LogP contribution in [0, 0.1) is 0 Å². The molecule has 0 unspecified atom stereocenters. The number of aromatic nitrogens is 2. The number of hydrogen-bond acceptors (Lipinski definition) is 9. The number of nitrogen functional groups attached to an aromatic ring is 1. The van der Waals surface area contributed by atoms with E-state index in [0.29, 0.717) is 22.3 Å². The van der Waals surface area contributed by atoms with Gasteiger partial charge in [-0.05, 0) is 29.8 Å². The summed E-state index contributed by atoms with van der Waals surface area (Å²) in [7, 11) is 1.88. The number of carboxylic acid groups (broad SMARTS) is 1. The highest BCUT2D eigenvalue weighted by Crippen LogP contribution is 2.26. The maximum absolute atomic E-state index is 12.1. The zero-order valence-corrected chi connectivity index (χ0v) is 17.2. The molecule has 31 heavy (non-hydrogen) atoms. The summed E-state index contributed by atoms with van der Waals surface area (Å²) in [4.78, 5) is 59.9. The topological polar surface area (TPSA) is 176 Å². The van der Waals surface area contributed by atoms with Crippen LogP contribution in [0.1, 0.15) is 21.7 Å². The van der Waals surface area contributed by atoms with Crippen molar-refractivity contribution in [1.82, 2.24) is 15.3 Å². The number of hydrogen-bond donors (Lipinski definition) is 4.